The maximum atomic E-state index is 11.7. The van der Waals surface area contributed by atoms with Gasteiger partial charge in [0.25, 0.3) is 0 Å². The van der Waals surface area contributed by atoms with Crippen molar-refractivity contribution in [1.29, 1.82) is 0 Å². The van der Waals surface area contributed by atoms with E-state index in [1.54, 1.807) is 12.3 Å². The van der Waals surface area contributed by atoms with E-state index in [1.807, 2.05) is 12.1 Å². The number of aromatic nitrogens is 2. The summed E-state index contributed by atoms with van der Waals surface area (Å²) in [5.74, 6) is 0.943. The topological polar surface area (TPSA) is 60.9 Å². The Bertz CT molecular complexity index is 600. The van der Waals surface area contributed by atoms with Gasteiger partial charge in [0.1, 0.15) is 5.82 Å². The Morgan fingerprint density at radius 1 is 1.21 bits per heavy atom. The highest BCUT2D eigenvalue weighted by Crippen LogP contribution is 2.12. The SMILES string of the molecule is CC(C)CCc1ccc(-n2ccc(N)nc2=O)cc1. The molecule has 100 valence electrons. The molecular weight excluding hydrogens is 238 g/mol. The molecule has 0 atom stereocenters. The summed E-state index contributed by atoms with van der Waals surface area (Å²) >= 11 is 0. The fourth-order valence-corrected chi connectivity index (χ4v) is 1.89. The van der Waals surface area contributed by atoms with Crippen molar-refractivity contribution in [3.8, 4) is 5.69 Å². The summed E-state index contributed by atoms with van der Waals surface area (Å²) in [6.07, 6.45) is 3.88. The summed E-state index contributed by atoms with van der Waals surface area (Å²) in [6, 6.07) is 9.61. The highest BCUT2D eigenvalue weighted by Gasteiger charge is 2.02. The van der Waals surface area contributed by atoms with E-state index in [1.165, 1.54) is 16.6 Å². The van der Waals surface area contributed by atoms with Crippen molar-refractivity contribution in [3.63, 3.8) is 0 Å². The second-order valence-corrected chi connectivity index (χ2v) is 5.10. The molecule has 0 aliphatic heterocycles. The molecule has 0 spiro atoms. The lowest BCUT2D eigenvalue weighted by atomic mass is 10.0. The third-order valence-electron chi connectivity index (χ3n) is 3.05. The van der Waals surface area contributed by atoms with Crippen molar-refractivity contribution >= 4 is 5.82 Å². The summed E-state index contributed by atoms with van der Waals surface area (Å²) in [5, 5.41) is 0. The van der Waals surface area contributed by atoms with Crippen LogP contribution in [0.4, 0.5) is 5.82 Å². The molecule has 1 aromatic carbocycles. The second kappa shape index (κ2) is 5.69. The number of nitrogens with zero attached hydrogens (tertiary/aromatic N) is 2. The Labute approximate surface area is 112 Å². The monoisotopic (exact) mass is 257 g/mol. The van der Waals surface area contributed by atoms with Crippen molar-refractivity contribution in [1.82, 2.24) is 9.55 Å². The zero-order valence-electron chi connectivity index (χ0n) is 11.3. The smallest absolute Gasteiger partial charge is 0.354 e. The Morgan fingerprint density at radius 2 is 1.89 bits per heavy atom. The van der Waals surface area contributed by atoms with Crippen LogP contribution in [0.5, 0.6) is 0 Å². The van der Waals surface area contributed by atoms with Crippen LogP contribution in [-0.2, 0) is 6.42 Å². The minimum absolute atomic E-state index is 0.245. The zero-order chi connectivity index (χ0) is 13.8. The Morgan fingerprint density at radius 3 is 2.47 bits per heavy atom. The van der Waals surface area contributed by atoms with Crippen molar-refractivity contribution in [2.24, 2.45) is 5.92 Å². The quantitative estimate of drug-likeness (QED) is 0.915. The molecule has 2 aromatic rings. The number of nitrogen functional groups attached to an aromatic ring is 1. The predicted octanol–water partition coefficient (Wildman–Crippen LogP) is 2.40. The zero-order valence-corrected chi connectivity index (χ0v) is 11.3. The first kappa shape index (κ1) is 13.3. The molecule has 0 saturated heterocycles. The Kier molecular flexibility index (Phi) is 4.00. The number of aryl methyl sites for hydroxylation is 1. The average molecular weight is 257 g/mol. The normalized spacial score (nSPS) is 10.9. The largest absolute Gasteiger partial charge is 0.383 e. The molecule has 0 radical (unpaired) electrons. The first-order chi connectivity index (χ1) is 9.06. The van der Waals surface area contributed by atoms with Gasteiger partial charge in [-0.25, -0.2) is 4.79 Å². The number of nitrogens with two attached hydrogens (primary N) is 1. The van der Waals surface area contributed by atoms with Crippen LogP contribution in [0, 0.1) is 5.92 Å². The van der Waals surface area contributed by atoms with Gasteiger partial charge in [0.05, 0.1) is 5.69 Å². The van der Waals surface area contributed by atoms with Gasteiger partial charge in [0.2, 0.25) is 0 Å². The molecule has 0 aliphatic carbocycles. The van der Waals surface area contributed by atoms with E-state index in [0.29, 0.717) is 5.92 Å². The van der Waals surface area contributed by atoms with Gasteiger partial charge in [0, 0.05) is 6.20 Å². The van der Waals surface area contributed by atoms with Gasteiger partial charge >= 0.3 is 5.69 Å². The van der Waals surface area contributed by atoms with Crippen LogP contribution in [0.15, 0.2) is 41.3 Å². The molecule has 19 heavy (non-hydrogen) atoms. The lowest BCUT2D eigenvalue weighted by molar-refractivity contribution is 0.586. The van der Waals surface area contributed by atoms with Crippen LogP contribution in [0.25, 0.3) is 5.69 Å². The summed E-state index contributed by atoms with van der Waals surface area (Å²) in [5.41, 5.74) is 7.22. The van der Waals surface area contributed by atoms with Gasteiger partial charge in [-0.3, -0.25) is 4.57 Å². The molecule has 0 unspecified atom stereocenters. The lowest BCUT2D eigenvalue weighted by Crippen LogP contribution is -2.21. The van der Waals surface area contributed by atoms with Gasteiger partial charge < -0.3 is 5.73 Å². The third-order valence-corrected chi connectivity index (χ3v) is 3.05. The van der Waals surface area contributed by atoms with Gasteiger partial charge in [-0.15, -0.1) is 0 Å². The molecule has 1 heterocycles. The molecular formula is C15H19N3O. The molecule has 4 nitrogen and oxygen atoms in total. The second-order valence-electron chi connectivity index (χ2n) is 5.10. The lowest BCUT2D eigenvalue weighted by Gasteiger charge is -2.08. The number of hydrogen-bond acceptors (Lipinski definition) is 3. The Hall–Kier alpha value is -2.10. The number of hydrogen-bond donors (Lipinski definition) is 1. The number of anilines is 1. The molecule has 0 bridgehead atoms. The molecule has 2 N–H and O–H groups in total. The highest BCUT2D eigenvalue weighted by molar-refractivity contribution is 5.36. The highest BCUT2D eigenvalue weighted by atomic mass is 16.1. The van der Waals surface area contributed by atoms with Crippen LogP contribution in [0.2, 0.25) is 0 Å². The van der Waals surface area contributed by atoms with Crippen LogP contribution in [-0.4, -0.2) is 9.55 Å². The molecule has 1 aromatic heterocycles. The molecule has 0 aliphatic rings. The van der Waals surface area contributed by atoms with Crippen molar-refractivity contribution in [2.75, 3.05) is 5.73 Å². The molecule has 0 amide bonds. The van der Waals surface area contributed by atoms with Crippen molar-refractivity contribution < 1.29 is 0 Å². The molecule has 0 saturated carbocycles. The predicted molar refractivity (Wildman–Crippen MR) is 77.4 cm³/mol. The maximum Gasteiger partial charge on any atom is 0.354 e. The molecule has 4 heteroatoms. The summed E-state index contributed by atoms with van der Waals surface area (Å²) < 4.78 is 1.49. The summed E-state index contributed by atoms with van der Waals surface area (Å²) in [4.78, 5) is 15.4. The van der Waals surface area contributed by atoms with E-state index in [-0.39, 0.29) is 11.5 Å². The van der Waals surface area contributed by atoms with Crippen LogP contribution < -0.4 is 11.4 Å². The fraction of sp³-hybridized carbons (Fsp3) is 0.333. The number of rotatable bonds is 4. The summed E-state index contributed by atoms with van der Waals surface area (Å²) in [6.45, 7) is 4.43. The van der Waals surface area contributed by atoms with Gasteiger partial charge in [0.15, 0.2) is 0 Å². The van der Waals surface area contributed by atoms with Gasteiger partial charge in [-0.1, -0.05) is 26.0 Å². The molecule has 0 fully saturated rings. The first-order valence-electron chi connectivity index (χ1n) is 6.51. The third kappa shape index (κ3) is 3.44. The van der Waals surface area contributed by atoms with Crippen LogP contribution in [0.1, 0.15) is 25.8 Å². The Balaban J connectivity index is 2.20. The van der Waals surface area contributed by atoms with Crippen molar-refractivity contribution in [2.45, 2.75) is 26.7 Å². The average Bonchev–Trinajstić information content (AvgIpc) is 2.37. The van der Waals surface area contributed by atoms with E-state index in [0.717, 1.165) is 12.1 Å². The van der Waals surface area contributed by atoms with Crippen LogP contribution >= 0.6 is 0 Å². The maximum absolute atomic E-state index is 11.7. The van der Waals surface area contributed by atoms with E-state index < -0.39 is 0 Å². The first-order valence-corrected chi connectivity index (χ1v) is 6.51. The van der Waals surface area contributed by atoms with Crippen molar-refractivity contribution in [3.05, 3.63) is 52.6 Å². The van der Waals surface area contributed by atoms with E-state index in [9.17, 15) is 4.79 Å². The number of benzene rings is 1. The van der Waals surface area contributed by atoms with E-state index in [2.05, 4.69) is 31.0 Å². The van der Waals surface area contributed by atoms with E-state index >= 15 is 0 Å². The van der Waals surface area contributed by atoms with Crippen LogP contribution in [0.3, 0.4) is 0 Å². The standard InChI is InChI=1S/C15H19N3O/c1-11(2)3-4-12-5-7-13(8-6-12)18-10-9-14(16)17-15(18)19/h5-11H,3-4H2,1-2H3,(H2,16,17,19). The fourth-order valence-electron chi connectivity index (χ4n) is 1.89. The minimum Gasteiger partial charge on any atom is -0.383 e. The van der Waals surface area contributed by atoms with Gasteiger partial charge in [-0.2, -0.15) is 4.98 Å². The summed E-state index contributed by atoms with van der Waals surface area (Å²) in [7, 11) is 0. The van der Waals surface area contributed by atoms with E-state index in [4.69, 9.17) is 5.73 Å². The minimum atomic E-state index is -0.352. The molecule has 2 rings (SSSR count). The van der Waals surface area contributed by atoms with Gasteiger partial charge in [-0.05, 0) is 42.5 Å².